The number of rotatable bonds is 4. The average Bonchev–Trinajstić information content (AvgIpc) is 3.23. The molecule has 0 unspecified atom stereocenters. The average molecular weight is 410 g/mol. The number of fused-ring (bicyclic) bond motifs is 2. The van der Waals surface area contributed by atoms with Gasteiger partial charge in [0.1, 0.15) is 6.04 Å². The summed E-state index contributed by atoms with van der Waals surface area (Å²) in [5, 5.41) is 0. The van der Waals surface area contributed by atoms with Gasteiger partial charge in [0, 0.05) is 13.0 Å². The Morgan fingerprint density at radius 3 is 2.76 bits per heavy atom. The lowest BCUT2D eigenvalue weighted by Gasteiger charge is -2.35. The van der Waals surface area contributed by atoms with Gasteiger partial charge in [-0.05, 0) is 29.3 Å². The summed E-state index contributed by atoms with van der Waals surface area (Å²) < 4.78 is 11.0. The molecule has 0 saturated carbocycles. The van der Waals surface area contributed by atoms with Crippen LogP contribution in [0.2, 0.25) is 0 Å². The molecule has 29 heavy (non-hydrogen) atoms. The Morgan fingerprint density at radius 1 is 1.17 bits per heavy atom. The maximum atomic E-state index is 12.8. The molecule has 7 nitrogen and oxygen atoms in total. The molecule has 3 aromatic rings. The minimum absolute atomic E-state index is 0.263. The number of hydrogen-bond donors (Lipinski definition) is 0. The Hall–Kier alpha value is -3.26. The predicted octanol–water partition coefficient (Wildman–Crippen LogP) is 2.58. The van der Waals surface area contributed by atoms with Crippen molar-refractivity contribution >= 4 is 39.4 Å². The van der Waals surface area contributed by atoms with Crippen LogP contribution < -0.4 is 0 Å². The maximum absolute atomic E-state index is 12.8. The van der Waals surface area contributed by atoms with Crippen molar-refractivity contribution in [1.82, 2.24) is 9.88 Å². The molecule has 1 aliphatic heterocycles. The molecule has 1 atom stereocenters. The van der Waals surface area contributed by atoms with Crippen LogP contribution in [0.4, 0.5) is 0 Å². The fourth-order valence-electron chi connectivity index (χ4n) is 3.41. The molecule has 0 radical (unpaired) electrons. The molecule has 0 bridgehead atoms. The fourth-order valence-corrected chi connectivity index (χ4v) is 4.12. The van der Waals surface area contributed by atoms with Gasteiger partial charge in [0.25, 0.3) is 5.91 Å². The molecule has 148 valence electrons. The number of carbonyl (C=O) groups excluding carboxylic acids is 3. The summed E-state index contributed by atoms with van der Waals surface area (Å²) in [4.78, 5) is 42.9. The summed E-state index contributed by atoms with van der Waals surface area (Å²) in [6.07, 6.45) is 0.366. The van der Waals surface area contributed by atoms with Crippen molar-refractivity contribution in [3.8, 4) is 0 Å². The molecular weight excluding hydrogens is 392 g/mol. The van der Waals surface area contributed by atoms with E-state index in [1.165, 1.54) is 23.3 Å². The van der Waals surface area contributed by atoms with Gasteiger partial charge in [-0.15, -0.1) is 11.3 Å². The third kappa shape index (κ3) is 3.84. The second-order valence-electron chi connectivity index (χ2n) is 6.64. The van der Waals surface area contributed by atoms with Crippen LogP contribution in [0.15, 0.2) is 48.0 Å². The predicted molar refractivity (Wildman–Crippen MR) is 106 cm³/mol. The number of thiazole rings is 1. The second-order valence-corrected chi connectivity index (χ2v) is 7.53. The number of aromatic nitrogens is 1. The van der Waals surface area contributed by atoms with E-state index in [-0.39, 0.29) is 6.54 Å². The SMILES string of the molecule is COC(=O)[C@@H]1Cc2ccccc2CN1C(=O)COC(=O)c1ccc2ncsc2c1. The van der Waals surface area contributed by atoms with E-state index in [9.17, 15) is 14.4 Å². The summed E-state index contributed by atoms with van der Waals surface area (Å²) in [7, 11) is 1.29. The quantitative estimate of drug-likeness (QED) is 0.615. The summed E-state index contributed by atoms with van der Waals surface area (Å²) >= 11 is 1.42. The highest BCUT2D eigenvalue weighted by molar-refractivity contribution is 7.16. The van der Waals surface area contributed by atoms with Crippen molar-refractivity contribution in [2.75, 3.05) is 13.7 Å². The van der Waals surface area contributed by atoms with E-state index in [0.29, 0.717) is 12.0 Å². The number of nitrogens with zero attached hydrogens (tertiary/aromatic N) is 2. The summed E-state index contributed by atoms with van der Waals surface area (Å²) in [5.74, 6) is -1.53. The van der Waals surface area contributed by atoms with Gasteiger partial charge in [-0.1, -0.05) is 24.3 Å². The van der Waals surface area contributed by atoms with Gasteiger partial charge < -0.3 is 14.4 Å². The van der Waals surface area contributed by atoms with Crippen molar-refractivity contribution in [1.29, 1.82) is 0 Å². The van der Waals surface area contributed by atoms with Crippen LogP contribution in [0, 0.1) is 0 Å². The standard InChI is InChI=1S/C21H18N2O5S/c1-27-21(26)17-8-13-4-2-3-5-15(13)10-23(17)19(24)11-28-20(25)14-6-7-16-18(9-14)29-12-22-16/h2-7,9,12,17H,8,10-11H2,1H3/t17-/m0/s1. The number of hydrogen-bond acceptors (Lipinski definition) is 7. The molecule has 0 saturated heterocycles. The van der Waals surface area contributed by atoms with E-state index in [1.807, 2.05) is 24.3 Å². The minimum atomic E-state index is -0.741. The molecule has 0 spiro atoms. The summed E-state index contributed by atoms with van der Waals surface area (Å²) in [6.45, 7) is -0.186. The zero-order chi connectivity index (χ0) is 20.4. The number of ether oxygens (including phenoxy) is 2. The van der Waals surface area contributed by atoms with Crippen molar-refractivity contribution in [3.63, 3.8) is 0 Å². The highest BCUT2D eigenvalue weighted by Gasteiger charge is 2.35. The van der Waals surface area contributed by atoms with E-state index >= 15 is 0 Å². The number of benzene rings is 2. The first kappa shape index (κ1) is 19.1. The summed E-state index contributed by atoms with van der Waals surface area (Å²) in [5.41, 5.74) is 4.81. The van der Waals surface area contributed by atoms with Gasteiger partial charge in [0.15, 0.2) is 6.61 Å². The van der Waals surface area contributed by atoms with Gasteiger partial charge in [-0.2, -0.15) is 0 Å². The third-order valence-corrected chi connectivity index (χ3v) is 5.73. The highest BCUT2D eigenvalue weighted by Crippen LogP contribution is 2.24. The topological polar surface area (TPSA) is 85.8 Å². The van der Waals surface area contributed by atoms with Crippen LogP contribution in [0.1, 0.15) is 21.5 Å². The van der Waals surface area contributed by atoms with Crippen LogP contribution in [-0.2, 0) is 32.0 Å². The highest BCUT2D eigenvalue weighted by atomic mass is 32.1. The zero-order valence-corrected chi connectivity index (χ0v) is 16.5. The first-order chi connectivity index (χ1) is 14.1. The van der Waals surface area contributed by atoms with E-state index in [1.54, 1.807) is 23.7 Å². The number of methoxy groups -OCH3 is 1. The molecule has 4 rings (SSSR count). The first-order valence-electron chi connectivity index (χ1n) is 9.01. The Morgan fingerprint density at radius 2 is 1.97 bits per heavy atom. The smallest absolute Gasteiger partial charge is 0.338 e. The van der Waals surface area contributed by atoms with E-state index in [2.05, 4.69) is 4.98 Å². The molecule has 2 heterocycles. The van der Waals surface area contributed by atoms with Gasteiger partial charge in [-0.3, -0.25) is 4.79 Å². The van der Waals surface area contributed by atoms with Gasteiger partial charge in [0.05, 0.1) is 28.4 Å². The Labute approximate surface area is 170 Å². The molecular formula is C21H18N2O5S. The lowest BCUT2D eigenvalue weighted by atomic mass is 9.94. The van der Waals surface area contributed by atoms with Crippen LogP contribution in [0.5, 0.6) is 0 Å². The molecule has 1 aromatic heterocycles. The van der Waals surface area contributed by atoms with Crippen molar-refractivity contribution in [2.45, 2.75) is 19.0 Å². The minimum Gasteiger partial charge on any atom is -0.467 e. The van der Waals surface area contributed by atoms with E-state index < -0.39 is 30.5 Å². The van der Waals surface area contributed by atoms with Gasteiger partial charge in [0.2, 0.25) is 0 Å². The molecule has 1 amide bonds. The number of carbonyl (C=O) groups is 3. The van der Waals surface area contributed by atoms with Crippen LogP contribution in [0.3, 0.4) is 0 Å². The van der Waals surface area contributed by atoms with Crippen LogP contribution >= 0.6 is 11.3 Å². The van der Waals surface area contributed by atoms with Crippen molar-refractivity contribution < 1.29 is 23.9 Å². The monoisotopic (exact) mass is 410 g/mol. The van der Waals surface area contributed by atoms with E-state index in [4.69, 9.17) is 9.47 Å². The number of esters is 2. The maximum Gasteiger partial charge on any atom is 0.338 e. The Kier molecular flexibility index (Phi) is 5.26. The molecule has 8 heteroatoms. The largest absolute Gasteiger partial charge is 0.467 e. The molecule has 0 fully saturated rings. The van der Waals surface area contributed by atoms with E-state index in [0.717, 1.165) is 21.3 Å². The van der Waals surface area contributed by atoms with Gasteiger partial charge in [-0.25, -0.2) is 14.6 Å². The molecule has 1 aliphatic rings. The molecule has 2 aromatic carbocycles. The molecule has 0 aliphatic carbocycles. The fraction of sp³-hybridized carbons (Fsp3) is 0.238. The zero-order valence-electron chi connectivity index (χ0n) is 15.7. The lowest BCUT2D eigenvalue weighted by Crippen LogP contribution is -2.50. The van der Waals surface area contributed by atoms with Crippen molar-refractivity contribution in [2.24, 2.45) is 0 Å². The number of amides is 1. The molecule has 0 N–H and O–H groups in total. The van der Waals surface area contributed by atoms with Crippen LogP contribution in [-0.4, -0.2) is 47.5 Å². The van der Waals surface area contributed by atoms with Gasteiger partial charge >= 0.3 is 11.9 Å². The second kappa shape index (κ2) is 8.00. The third-order valence-electron chi connectivity index (χ3n) is 4.94. The Balaban J connectivity index is 1.47. The van der Waals surface area contributed by atoms with Crippen LogP contribution in [0.25, 0.3) is 10.2 Å². The van der Waals surface area contributed by atoms with Crippen molar-refractivity contribution in [3.05, 3.63) is 64.7 Å². The Bertz CT molecular complexity index is 1090. The lowest BCUT2D eigenvalue weighted by molar-refractivity contribution is -0.155. The normalized spacial score (nSPS) is 15.6. The first-order valence-corrected chi connectivity index (χ1v) is 9.89. The summed E-state index contributed by atoms with van der Waals surface area (Å²) in [6, 6.07) is 11.9.